The zero-order valence-electron chi connectivity index (χ0n) is 9.21. The molecule has 0 fully saturated rings. The number of carbonyl (C=O) groups is 2. The molecule has 2 aromatic heterocycles. The highest BCUT2D eigenvalue weighted by atomic mass is 79.9. The van der Waals surface area contributed by atoms with Gasteiger partial charge in [0.25, 0.3) is 0 Å². The van der Waals surface area contributed by atoms with Gasteiger partial charge in [0.2, 0.25) is 0 Å². The number of amides is 2. The molecule has 100 valence electrons. The van der Waals surface area contributed by atoms with Gasteiger partial charge < -0.3 is 10.4 Å². The molecule has 3 N–H and O–H groups in total. The van der Waals surface area contributed by atoms with E-state index in [-0.39, 0.29) is 12.2 Å². The zero-order valence-corrected chi connectivity index (χ0v) is 12.4. The number of nitrogens with zero attached hydrogens (tertiary/aromatic N) is 2. The minimum absolute atomic E-state index is 0.0222. The third kappa shape index (κ3) is 3.98. The molecule has 0 unspecified atom stereocenters. The number of halogens is 1. The number of nitrogens with one attached hydrogen (secondary N) is 2. The Labute approximate surface area is 123 Å². The molecule has 2 rings (SSSR count). The van der Waals surface area contributed by atoms with Gasteiger partial charge in [0.05, 0.1) is 16.5 Å². The number of carboxylic acids is 1. The maximum Gasteiger partial charge on any atom is 0.355 e. The fraction of sp³-hybridized carbons (Fsp3) is 0.111. The standard InChI is InChI=1S/C9H7BrN4O3S2/c10-5-1-12-9(19-5)14-8(17)11-2-6-13-4(3-18-6)7(15)16/h1,3H,2H2,(H,15,16)(H2,11,12,14,17). The van der Waals surface area contributed by atoms with Crippen molar-refractivity contribution in [1.82, 2.24) is 15.3 Å². The number of hydrogen-bond donors (Lipinski definition) is 3. The summed E-state index contributed by atoms with van der Waals surface area (Å²) >= 11 is 5.70. The highest BCUT2D eigenvalue weighted by Gasteiger charge is 2.10. The number of aromatic nitrogens is 2. The Kier molecular flexibility index (Phi) is 4.45. The van der Waals surface area contributed by atoms with Crippen molar-refractivity contribution in [2.45, 2.75) is 6.54 Å². The Morgan fingerprint density at radius 3 is 2.84 bits per heavy atom. The van der Waals surface area contributed by atoms with Crippen LogP contribution in [0.1, 0.15) is 15.5 Å². The summed E-state index contributed by atoms with van der Waals surface area (Å²) in [5, 5.41) is 16.2. The van der Waals surface area contributed by atoms with Crippen molar-refractivity contribution >= 4 is 55.7 Å². The van der Waals surface area contributed by atoms with Gasteiger partial charge in [-0.05, 0) is 15.9 Å². The van der Waals surface area contributed by atoms with E-state index in [0.717, 1.165) is 3.79 Å². The summed E-state index contributed by atoms with van der Waals surface area (Å²) in [4.78, 5) is 30.0. The molecule has 2 amide bonds. The van der Waals surface area contributed by atoms with Crippen LogP contribution in [0, 0.1) is 0 Å². The van der Waals surface area contributed by atoms with Gasteiger partial charge in [-0.2, -0.15) is 0 Å². The Morgan fingerprint density at radius 2 is 2.26 bits per heavy atom. The lowest BCUT2D eigenvalue weighted by molar-refractivity contribution is 0.0691. The Bertz CT molecular complexity index is 612. The van der Waals surface area contributed by atoms with Gasteiger partial charge in [0.1, 0.15) is 5.01 Å². The first-order valence-corrected chi connectivity index (χ1v) is 7.37. The molecule has 2 aromatic rings. The molecule has 0 aliphatic carbocycles. The Balaban J connectivity index is 1.84. The summed E-state index contributed by atoms with van der Waals surface area (Å²) in [5.41, 5.74) is -0.0222. The van der Waals surface area contributed by atoms with Crippen LogP contribution in [0.3, 0.4) is 0 Å². The van der Waals surface area contributed by atoms with Gasteiger partial charge in [-0.3, -0.25) is 5.32 Å². The average molecular weight is 363 g/mol. The van der Waals surface area contributed by atoms with Crippen LogP contribution in [0.25, 0.3) is 0 Å². The predicted molar refractivity (Wildman–Crippen MR) is 74.7 cm³/mol. The van der Waals surface area contributed by atoms with Gasteiger partial charge >= 0.3 is 12.0 Å². The van der Waals surface area contributed by atoms with E-state index in [1.165, 1.54) is 28.1 Å². The summed E-state index contributed by atoms with van der Waals surface area (Å²) in [6.45, 7) is 0.163. The summed E-state index contributed by atoms with van der Waals surface area (Å²) < 4.78 is 0.814. The Morgan fingerprint density at radius 1 is 1.47 bits per heavy atom. The molecule has 19 heavy (non-hydrogen) atoms. The van der Waals surface area contributed by atoms with Crippen LogP contribution in [0.2, 0.25) is 0 Å². The number of hydrogen-bond acceptors (Lipinski definition) is 6. The largest absolute Gasteiger partial charge is 0.476 e. The number of urea groups is 1. The van der Waals surface area contributed by atoms with Crippen molar-refractivity contribution < 1.29 is 14.7 Å². The molecule has 10 heteroatoms. The van der Waals surface area contributed by atoms with E-state index in [0.29, 0.717) is 10.1 Å². The quantitative estimate of drug-likeness (QED) is 0.774. The fourth-order valence-electron chi connectivity index (χ4n) is 1.10. The van der Waals surface area contributed by atoms with Crippen LogP contribution in [0.15, 0.2) is 15.4 Å². The second kappa shape index (κ2) is 6.08. The van der Waals surface area contributed by atoms with Crippen molar-refractivity contribution in [1.29, 1.82) is 0 Å². The maximum atomic E-state index is 11.5. The molecule has 0 radical (unpaired) electrons. The second-order valence-electron chi connectivity index (χ2n) is 3.21. The Hall–Kier alpha value is -1.52. The molecule has 0 spiro atoms. The number of aromatic carboxylic acids is 1. The topological polar surface area (TPSA) is 104 Å². The second-order valence-corrected chi connectivity index (χ2v) is 6.56. The molecule has 0 atom stereocenters. The van der Waals surface area contributed by atoms with Crippen LogP contribution < -0.4 is 10.6 Å². The SMILES string of the molecule is O=C(NCc1nc(C(=O)O)cs1)Nc1ncc(Br)s1. The van der Waals surface area contributed by atoms with Crippen molar-refractivity contribution in [3.8, 4) is 0 Å². The third-order valence-electron chi connectivity index (χ3n) is 1.87. The highest BCUT2D eigenvalue weighted by molar-refractivity contribution is 9.11. The number of carbonyl (C=O) groups excluding carboxylic acids is 1. The summed E-state index contributed by atoms with van der Waals surface area (Å²) in [5.74, 6) is -1.08. The molecule has 2 heterocycles. The zero-order chi connectivity index (χ0) is 13.8. The van der Waals surface area contributed by atoms with Gasteiger partial charge in [-0.15, -0.1) is 11.3 Å². The lowest BCUT2D eigenvalue weighted by Gasteiger charge is -2.02. The lowest BCUT2D eigenvalue weighted by atomic mass is 10.5. The van der Waals surface area contributed by atoms with Crippen LogP contribution in [-0.2, 0) is 6.54 Å². The lowest BCUT2D eigenvalue weighted by Crippen LogP contribution is -2.28. The molecular weight excluding hydrogens is 356 g/mol. The fourth-order valence-corrected chi connectivity index (χ4v) is 2.91. The van der Waals surface area contributed by atoms with Gasteiger partial charge in [-0.1, -0.05) is 11.3 Å². The van der Waals surface area contributed by atoms with E-state index < -0.39 is 12.0 Å². The van der Waals surface area contributed by atoms with Gasteiger partial charge in [0, 0.05) is 5.38 Å². The van der Waals surface area contributed by atoms with Gasteiger partial charge in [0.15, 0.2) is 10.8 Å². The van der Waals surface area contributed by atoms with Crippen molar-refractivity contribution in [2.24, 2.45) is 0 Å². The molecule has 0 saturated carbocycles. The number of thiazole rings is 2. The van der Waals surface area contributed by atoms with Crippen molar-refractivity contribution in [3.05, 3.63) is 26.1 Å². The summed E-state index contributed by atoms with van der Waals surface area (Å²) in [6, 6.07) is -0.422. The maximum absolute atomic E-state index is 11.5. The van der Waals surface area contributed by atoms with E-state index >= 15 is 0 Å². The summed E-state index contributed by atoms with van der Waals surface area (Å²) in [6.07, 6.45) is 1.58. The van der Waals surface area contributed by atoms with Crippen LogP contribution in [-0.4, -0.2) is 27.1 Å². The third-order valence-corrected chi connectivity index (χ3v) is 4.11. The highest BCUT2D eigenvalue weighted by Crippen LogP contribution is 2.22. The first kappa shape index (κ1) is 13.9. The van der Waals surface area contributed by atoms with E-state index in [1.807, 2.05) is 0 Å². The van der Waals surface area contributed by atoms with Crippen LogP contribution >= 0.6 is 38.6 Å². The predicted octanol–water partition coefficient (Wildman–Crippen LogP) is 2.38. The normalized spacial score (nSPS) is 10.2. The van der Waals surface area contributed by atoms with Crippen molar-refractivity contribution in [2.75, 3.05) is 5.32 Å². The van der Waals surface area contributed by atoms with Crippen molar-refractivity contribution in [3.63, 3.8) is 0 Å². The van der Waals surface area contributed by atoms with E-state index in [9.17, 15) is 9.59 Å². The smallest absolute Gasteiger partial charge is 0.355 e. The summed E-state index contributed by atoms with van der Waals surface area (Å²) in [7, 11) is 0. The monoisotopic (exact) mass is 362 g/mol. The number of rotatable bonds is 4. The number of anilines is 1. The van der Waals surface area contributed by atoms with E-state index in [2.05, 4.69) is 36.5 Å². The van der Waals surface area contributed by atoms with Crippen LogP contribution in [0.5, 0.6) is 0 Å². The first-order chi connectivity index (χ1) is 9.04. The van der Waals surface area contributed by atoms with Gasteiger partial charge in [-0.25, -0.2) is 19.6 Å². The average Bonchev–Trinajstić information content (AvgIpc) is 2.96. The minimum atomic E-state index is -1.08. The van der Waals surface area contributed by atoms with E-state index in [4.69, 9.17) is 5.11 Å². The molecule has 7 nitrogen and oxygen atoms in total. The molecule has 0 bridgehead atoms. The number of carboxylic acid groups (broad SMARTS) is 1. The molecule has 0 aromatic carbocycles. The molecule has 0 saturated heterocycles. The molecule has 0 aliphatic heterocycles. The minimum Gasteiger partial charge on any atom is -0.476 e. The molecule has 0 aliphatic rings. The first-order valence-electron chi connectivity index (χ1n) is 4.88. The van der Waals surface area contributed by atoms with E-state index in [1.54, 1.807) is 6.20 Å². The molecular formula is C9H7BrN4O3S2. The van der Waals surface area contributed by atoms with Crippen LogP contribution in [0.4, 0.5) is 9.93 Å².